The van der Waals surface area contributed by atoms with Crippen LogP contribution in [0, 0.1) is 0 Å². The highest BCUT2D eigenvalue weighted by molar-refractivity contribution is 7.89. The molecule has 2 aromatic rings. The van der Waals surface area contributed by atoms with Crippen molar-refractivity contribution in [3.8, 4) is 5.75 Å². The molecule has 0 bridgehead atoms. The van der Waals surface area contributed by atoms with E-state index in [0.717, 1.165) is 0 Å². The Morgan fingerprint density at radius 1 is 1.03 bits per heavy atom. The van der Waals surface area contributed by atoms with Gasteiger partial charge < -0.3 is 15.4 Å². The van der Waals surface area contributed by atoms with Crippen molar-refractivity contribution in [1.82, 2.24) is 4.90 Å². The van der Waals surface area contributed by atoms with E-state index in [1.807, 2.05) is 0 Å². The van der Waals surface area contributed by atoms with E-state index in [9.17, 15) is 18.0 Å². The first-order valence-electron chi connectivity index (χ1n) is 8.68. The van der Waals surface area contributed by atoms with Gasteiger partial charge in [0.2, 0.25) is 21.8 Å². The number of nitrogens with zero attached hydrogens (tertiary/aromatic N) is 1. The minimum Gasteiger partial charge on any atom is -0.497 e. The van der Waals surface area contributed by atoms with Crippen LogP contribution in [0.4, 0.5) is 11.4 Å². The first-order valence-corrected chi connectivity index (χ1v) is 10.2. The van der Waals surface area contributed by atoms with E-state index in [4.69, 9.17) is 9.88 Å². The third-order valence-corrected chi connectivity index (χ3v) is 5.19. The summed E-state index contributed by atoms with van der Waals surface area (Å²) in [6.07, 6.45) is 0. The van der Waals surface area contributed by atoms with Gasteiger partial charge in [-0.05, 0) is 62.5 Å². The number of ether oxygens (including phenoxy) is 1. The molecule has 0 saturated heterocycles. The lowest BCUT2D eigenvalue weighted by atomic mass is 10.2. The highest BCUT2D eigenvalue weighted by atomic mass is 32.2. The molecule has 0 aliphatic rings. The minimum absolute atomic E-state index is 0.00493. The molecule has 4 N–H and O–H groups in total. The number of sulfonamides is 1. The molecule has 0 aliphatic carbocycles. The van der Waals surface area contributed by atoms with Gasteiger partial charge in [0.1, 0.15) is 5.75 Å². The average molecular weight is 420 g/mol. The van der Waals surface area contributed by atoms with Crippen molar-refractivity contribution in [2.75, 3.05) is 31.3 Å². The maximum absolute atomic E-state index is 12.4. The molecule has 0 saturated carbocycles. The highest BCUT2D eigenvalue weighted by Gasteiger charge is 2.20. The predicted octanol–water partition coefficient (Wildman–Crippen LogP) is 1.24. The molecular formula is C19H24N4O5S. The van der Waals surface area contributed by atoms with Gasteiger partial charge in [-0.3, -0.25) is 14.5 Å². The molecule has 0 radical (unpaired) electrons. The minimum atomic E-state index is -3.79. The average Bonchev–Trinajstić information content (AvgIpc) is 2.67. The van der Waals surface area contributed by atoms with Crippen molar-refractivity contribution >= 4 is 33.2 Å². The van der Waals surface area contributed by atoms with Crippen molar-refractivity contribution in [3.05, 3.63) is 48.5 Å². The summed E-state index contributed by atoms with van der Waals surface area (Å²) in [4.78, 5) is 26.2. The summed E-state index contributed by atoms with van der Waals surface area (Å²) in [5.74, 6) is 0.0745. The maximum Gasteiger partial charge on any atom is 0.241 e. The number of benzene rings is 2. The third-order valence-electron chi connectivity index (χ3n) is 4.26. The summed E-state index contributed by atoms with van der Waals surface area (Å²) >= 11 is 0. The fourth-order valence-electron chi connectivity index (χ4n) is 2.41. The standard InChI is InChI=1S/C19H24N4O5S/c1-13(19(25)22-15-6-10-17(11-7-15)29(20,26)27)23(2)12-18(24)21-14-4-8-16(28-3)9-5-14/h4-11,13H,12H2,1-3H3,(H,21,24)(H,22,25)(H2,20,26,27). The van der Waals surface area contributed by atoms with Gasteiger partial charge in [0, 0.05) is 11.4 Å². The van der Waals surface area contributed by atoms with Crippen molar-refractivity contribution in [1.29, 1.82) is 0 Å². The Morgan fingerprint density at radius 2 is 1.55 bits per heavy atom. The van der Waals surface area contributed by atoms with Crippen molar-refractivity contribution in [2.45, 2.75) is 17.9 Å². The molecule has 0 heterocycles. The number of hydrogen-bond donors (Lipinski definition) is 3. The zero-order valence-corrected chi connectivity index (χ0v) is 17.2. The van der Waals surface area contributed by atoms with E-state index in [1.165, 1.54) is 24.3 Å². The van der Waals surface area contributed by atoms with Crippen molar-refractivity contribution < 1.29 is 22.7 Å². The lowest BCUT2D eigenvalue weighted by molar-refractivity contribution is -0.122. The van der Waals surface area contributed by atoms with Gasteiger partial charge in [-0.25, -0.2) is 13.6 Å². The summed E-state index contributed by atoms with van der Waals surface area (Å²) in [5, 5.41) is 10.5. The zero-order valence-electron chi connectivity index (χ0n) is 16.4. The molecule has 0 fully saturated rings. The molecule has 0 aliphatic heterocycles. The monoisotopic (exact) mass is 420 g/mol. The Bertz CT molecular complexity index is 959. The molecule has 29 heavy (non-hydrogen) atoms. The molecule has 10 heteroatoms. The van der Waals surface area contributed by atoms with Gasteiger partial charge in [0.25, 0.3) is 0 Å². The predicted molar refractivity (Wildman–Crippen MR) is 110 cm³/mol. The second-order valence-corrected chi connectivity index (χ2v) is 7.99. The first-order chi connectivity index (χ1) is 13.6. The van der Waals surface area contributed by atoms with E-state index < -0.39 is 16.1 Å². The number of likely N-dealkylation sites (N-methyl/N-ethyl adjacent to an activating group) is 1. The number of nitrogens with one attached hydrogen (secondary N) is 2. The Balaban J connectivity index is 1.90. The number of anilines is 2. The van der Waals surface area contributed by atoms with Crippen LogP contribution in [0.1, 0.15) is 6.92 Å². The van der Waals surface area contributed by atoms with E-state index in [0.29, 0.717) is 17.1 Å². The van der Waals surface area contributed by atoms with Crippen LogP contribution < -0.4 is 20.5 Å². The fourth-order valence-corrected chi connectivity index (χ4v) is 2.93. The number of methoxy groups -OCH3 is 1. The summed E-state index contributed by atoms with van der Waals surface area (Å²) in [5.41, 5.74) is 1.04. The molecule has 1 unspecified atom stereocenters. The Morgan fingerprint density at radius 3 is 2.07 bits per heavy atom. The van der Waals surface area contributed by atoms with Gasteiger partial charge in [-0.2, -0.15) is 0 Å². The van der Waals surface area contributed by atoms with Crippen LogP contribution in [0.5, 0.6) is 5.75 Å². The smallest absolute Gasteiger partial charge is 0.241 e. The molecule has 2 aromatic carbocycles. The summed E-state index contributed by atoms with van der Waals surface area (Å²) in [7, 11) is -0.580. The van der Waals surface area contributed by atoms with Crippen LogP contribution in [0.2, 0.25) is 0 Å². The van der Waals surface area contributed by atoms with E-state index in [-0.39, 0.29) is 23.3 Å². The summed E-state index contributed by atoms with van der Waals surface area (Å²) in [6.45, 7) is 1.67. The van der Waals surface area contributed by atoms with Crippen LogP contribution in [0.15, 0.2) is 53.4 Å². The Kier molecular flexibility index (Phi) is 7.32. The lowest BCUT2D eigenvalue weighted by Crippen LogP contribution is -2.43. The number of amides is 2. The summed E-state index contributed by atoms with van der Waals surface area (Å²) < 4.78 is 27.6. The molecule has 156 valence electrons. The molecule has 0 spiro atoms. The van der Waals surface area contributed by atoms with Gasteiger partial charge >= 0.3 is 0 Å². The van der Waals surface area contributed by atoms with Crippen LogP contribution >= 0.6 is 0 Å². The lowest BCUT2D eigenvalue weighted by Gasteiger charge is -2.23. The first kappa shape index (κ1) is 22.3. The van der Waals surface area contributed by atoms with Crippen LogP contribution in [0.3, 0.4) is 0 Å². The third kappa shape index (κ3) is 6.56. The topological polar surface area (TPSA) is 131 Å². The van der Waals surface area contributed by atoms with Gasteiger partial charge in [0.15, 0.2) is 0 Å². The van der Waals surface area contributed by atoms with Crippen molar-refractivity contribution in [2.24, 2.45) is 5.14 Å². The second kappa shape index (κ2) is 9.50. The normalized spacial score (nSPS) is 12.3. The number of rotatable bonds is 8. The van der Waals surface area contributed by atoms with Gasteiger partial charge in [-0.15, -0.1) is 0 Å². The molecule has 2 amide bonds. The zero-order chi connectivity index (χ0) is 21.6. The van der Waals surface area contributed by atoms with E-state index in [1.54, 1.807) is 50.2 Å². The summed E-state index contributed by atoms with van der Waals surface area (Å²) in [6, 6.07) is 11.8. The number of nitrogens with two attached hydrogens (primary N) is 1. The molecule has 2 rings (SSSR count). The Labute approximate surface area is 169 Å². The van der Waals surface area contributed by atoms with Crippen LogP contribution in [0.25, 0.3) is 0 Å². The van der Waals surface area contributed by atoms with E-state index >= 15 is 0 Å². The highest BCUT2D eigenvalue weighted by Crippen LogP contribution is 2.15. The molecule has 1 atom stereocenters. The quantitative estimate of drug-likeness (QED) is 0.589. The van der Waals surface area contributed by atoms with Gasteiger partial charge in [-0.1, -0.05) is 0 Å². The number of carbonyl (C=O) groups is 2. The Hall–Kier alpha value is -2.95. The maximum atomic E-state index is 12.4. The van der Waals surface area contributed by atoms with Crippen LogP contribution in [-0.4, -0.2) is 51.9 Å². The number of carbonyl (C=O) groups excluding carboxylic acids is 2. The van der Waals surface area contributed by atoms with Gasteiger partial charge in [0.05, 0.1) is 24.6 Å². The number of hydrogen-bond acceptors (Lipinski definition) is 6. The van der Waals surface area contributed by atoms with Crippen LogP contribution in [-0.2, 0) is 19.6 Å². The molecule has 0 aromatic heterocycles. The second-order valence-electron chi connectivity index (χ2n) is 6.43. The molecule has 9 nitrogen and oxygen atoms in total. The number of primary sulfonamides is 1. The molecular weight excluding hydrogens is 396 g/mol. The largest absolute Gasteiger partial charge is 0.497 e. The SMILES string of the molecule is COc1ccc(NC(=O)CN(C)C(C)C(=O)Nc2ccc(S(N)(=O)=O)cc2)cc1. The van der Waals surface area contributed by atoms with Crippen molar-refractivity contribution in [3.63, 3.8) is 0 Å². The fraction of sp³-hybridized carbons (Fsp3) is 0.263. The van der Waals surface area contributed by atoms with E-state index in [2.05, 4.69) is 10.6 Å².